The first kappa shape index (κ1) is 18.6. The van der Waals surface area contributed by atoms with Gasteiger partial charge in [-0.2, -0.15) is 0 Å². The number of ether oxygens (including phenoxy) is 2. The zero-order valence-corrected chi connectivity index (χ0v) is 15.3. The maximum absolute atomic E-state index is 12.6. The number of hydrogen-bond acceptors (Lipinski definition) is 5. The third-order valence-corrected chi connectivity index (χ3v) is 5.25. The molecular weight excluding hydrogens is 326 g/mol. The molecule has 2 rings (SSSR count). The molecule has 1 fully saturated rings. The lowest BCUT2D eigenvalue weighted by molar-refractivity contribution is -0.151. The Balaban J connectivity index is 1.84. The van der Waals surface area contributed by atoms with E-state index in [2.05, 4.69) is 0 Å². The Hall–Kier alpha value is -1.69. The Morgan fingerprint density at radius 3 is 2.42 bits per heavy atom. The van der Waals surface area contributed by atoms with Crippen LogP contribution < -0.4 is 4.74 Å². The fourth-order valence-corrected chi connectivity index (χ4v) is 3.71. The molecule has 1 amide bonds. The zero-order chi connectivity index (χ0) is 17.5. The van der Waals surface area contributed by atoms with Crippen molar-refractivity contribution in [1.29, 1.82) is 0 Å². The fraction of sp³-hybridized carbons (Fsp3) is 0.556. The number of rotatable bonds is 6. The summed E-state index contributed by atoms with van der Waals surface area (Å²) in [7, 11) is 1.63. The van der Waals surface area contributed by atoms with Crippen LogP contribution in [-0.4, -0.2) is 48.8 Å². The van der Waals surface area contributed by atoms with Gasteiger partial charge >= 0.3 is 5.97 Å². The first-order valence-corrected chi connectivity index (χ1v) is 9.19. The number of nitrogens with zero attached hydrogens (tertiary/aromatic N) is 1. The van der Waals surface area contributed by atoms with E-state index in [1.165, 1.54) is 0 Å². The van der Waals surface area contributed by atoms with Crippen molar-refractivity contribution in [2.24, 2.45) is 5.92 Å². The number of methoxy groups -OCH3 is 1. The predicted octanol–water partition coefficient (Wildman–Crippen LogP) is 2.98. The second-order valence-electron chi connectivity index (χ2n) is 5.79. The molecule has 0 aliphatic carbocycles. The molecule has 0 bridgehead atoms. The number of thioether (sulfide) groups is 1. The Labute approximate surface area is 147 Å². The van der Waals surface area contributed by atoms with Crippen LogP contribution in [-0.2, 0) is 14.3 Å². The average molecular weight is 351 g/mol. The molecule has 1 aromatic carbocycles. The highest BCUT2D eigenvalue weighted by atomic mass is 32.2. The summed E-state index contributed by atoms with van der Waals surface area (Å²) in [5, 5.41) is -0.155. The molecule has 0 spiro atoms. The SMILES string of the molecule is CCOC(=O)C1CCN(C(=O)[C@H](C)Sc2ccc(OC)cc2)CC1. The van der Waals surface area contributed by atoms with Crippen molar-refractivity contribution >= 4 is 23.6 Å². The maximum Gasteiger partial charge on any atom is 0.309 e. The summed E-state index contributed by atoms with van der Waals surface area (Å²) >= 11 is 1.54. The van der Waals surface area contributed by atoms with Crippen molar-refractivity contribution < 1.29 is 19.1 Å². The third kappa shape index (κ3) is 4.90. The molecule has 1 aliphatic rings. The van der Waals surface area contributed by atoms with Crippen LogP contribution in [0.15, 0.2) is 29.2 Å². The largest absolute Gasteiger partial charge is 0.497 e. The van der Waals surface area contributed by atoms with E-state index in [-0.39, 0.29) is 23.0 Å². The minimum absolute atomic E-state index is 0.0708. The molecule has 5 nitrogen and oxygen atoms in total. The lowest BCUT2D eigenvalue weighted by Crippen LogP contribution is -2.43. The predicted molar refractivity (Wildman–Crippen MR) is 94.3 cm³/mol. The van der Waals surface area contributed by atoms with Gasteiger partial charge in [-0.05, 0) is 51.0 Å². The van der Waals surface area contributed by atoms with Crippen LogP contribution in [0.3, 0.4) is 0 Å². The third-order valence-electron chi connectivity index (χ3n) is 4.15. The number of benzene rings is 1. The average Bonchev–Trinajstić information content (AvgIpc) is 2.62. The minimum atomic E-state index is -0.155. The summed E-state index contributed by atoms with van der Waals surface area (Å²) in [6.07, 6.45) is 1.37. The summed E-state index contributed by atoms with van der Waals surface area (Å²) in [6.45, 7) is 5.39. The van der Waals surface area contributed by atoms with E-state index in [4.69, 9.17) is 9.47 Å². The molecule has 1 heterocycles. The summed E-state index contributed by atoms with van der Waals surface area (Å²) in [5.74, 6) is 0.723. The monoisotopic (exact) mass is 351 g/mol. The van der Waals surface area contributed by atoms with Crippen molar-refractivity contribution in [3.8, 4) is 5.75 Å². The standard InChI is InChI=1S/C18H25NO4S/c1-4-23-18(21)14-9-11-19(12-10-14)17(20)13(2)24-16-7-5-15(22-3)6-8-16/h5-8,13-14H,4,9-12H2,1-3H3/t13-/m0/s1. The normalized spacial score (nSPS) is 16.5. The van der Waals surface area contributed by atoms with E-state index in [1.807, 2.05) is 43.0 Å². The van der Waals surface area contributed by atoms with Crippen LogP contribution >= 0.6 is 11.8 Å². The van der Waals surface area contributed by atoms with E-state index in [1.54, 1.807) is 18.9 Å². The molecule has 1 saturated heterocycles. The smallest absolute Gasteiger partial charge is 0.309 e. The van der Waals surface area contributed by atoms with Crippen molar-refractivity contribution in [1.82, 2.24) is 4.90 Å². The van der Waals surface area contributed by atoms with Crippen molar-refractivity contribution in [3.63, 3.8) is 0 Å². The molecule has 0 aromatic heterocycles. The van der Waals surface area contributed by atoms with Crippen LogP contribution in [0.5, 0.6) is 5.75 Å². The topological polar surface area (TPSA) is 55.8 Å². The van der Waals surface area contributed by atoms with Gasteiger partial charge < -0.3 is 14.4 Å². The van der Waals surface area contributed by atoms with Crippen LogP contribution in [0.2, 0.25) is 0 Å². The van der Waals surface area contributed by atoms with Crippen molar-refractivity contribution in [2.75, 3.05) is 26.8 Å². The number of piperidine rings is 1. The molecule has 6 heteroatoms. The molecule has 24 heavy (non-hydrogen) atoms. The summed E-state index contributed by atoms with van der Waals surface area (Å²) in [5.41, 5.74) is 0. The van der Waals surface area contributed by atoms with Crippen LogP contribution in [0, 0.1) is 5.92 Å². The lowest BCUT2D eigenvalue weighted by Gasteiger charge is -2.32. The van der Waals surface area contributed by atoms with Crippen LogP contribution in [0.4, 0.5) is 0 Å². The molecule has 1 aromatic rings. The minimum Gasteiger partial charge on any atom is -0.497 e. The van der Waals surface area contributed by atoms with Gasteiger partial charge in [0.15, 0.2) is 0 Å². The first-order chi connectivity index (χ1) is 11.5. The molecule has 0 radical (unpaired) electrons. The lowest BCUT2D eigenvalue weighted by atomic mass is 9.97. The van der Waals surface area contributed by atoms with Gasteiger partial charge in [-0.25, -0.2) is 0 Å². The molecule has 1 atom stereocenters. The van der Waals surface area contributed by atoms with Gasteiger partial charge in [0.1, 0.15) is 5.75 Å². The molecule has 0 unspecified atom stereocenters. The van der Waals surface area contributed by atoms with E-state index in [0.717, 1.165) is 10.6 Å². The van der Waals surface area contributed by atoms with E-state index >= 15 is 0 Å². The highest BCUT2D eigenvalue weighted by molar-refractivity contribution is 8.00. The van der Waals surface area contributed by atoms with Gasteiger partial charge in [-0.1, -0.05) is 0 Å². The highest BCUT2D eigenvalue weighted by Gasteiger charge is 2.30. The number of amides is 1. The second-order valence-corrected chi connectivity index (χ2v) is 7.20. The molecule has 0 saturated carbocycles. The first-order valence-electron chi connectivity index (χ1n) is 8.31. The van der Waals surface area contributed by atoms with Crippen LogP contribution in [0.25, 0.3) is 0 Å². The number of esters is 1. The van der Waals surface area contributed by atoms with E-state index in [0.29, 0.717) is 32.5 Å². The molecular formula is C18H25NO4S. The van der Waals surface area contributed by atoms with Gasteiger partial charge in [0.2, 0.25) is 5.91 Å². The Bertz CT molecular complexity index is 553. The fourth-order valence-electron chi connectivity index (χ4n) is 2.76. The number of carbonyl (C=O) groups excluding carboxylic acids is 2. The van der Waals surface area contributed by atoms with Crippen molar-refractivity contribution in [2.45, 2.75) is 36.8 Å². The Morgan fingerprint density at radius 1 is 1.25 bits per heavy atom. The molecule has 132 valence electrons. The van der Waals surface area contributed by atoms with Crippen LogP contribution in [0.1, 0.15) is 26.7 Å². The van der Waals surface area contributed by atoms with Gasteiger partial charge in [0.25, 0.3) is 0 Å². The highest BCUT2D eigenvalue weighted by Crippen LogP contribution is 2.28. The van der Waals surface area contributed by atoms with Gasteiger partial charge in [0, 0.05) is 18.0 Å². The quantitative estimate of drug-likeness (QED) is 0.582. The second kappa shape index (κ2) is 8.97. The van der Waals surface area contributed by atoms with E-state index in [9.17, 15) is 9.59 Å². The van der Waals surface area contributed by atoms with E-state index < -0.39 is 0 Å². The number of carbonyl (C=O) groups is 2. The summed E-state index contributed by atoms with van der Waals surface area (Å²) < 4.78 is 10.2. The number of hydrogen-bond donors (Lipinski definition) is 0. The summed E-state index contributed by atoms with van der Waals surface area (Å²) in [6, 6.07) is 7.70. The maximum atomic E-state index is 12.6. The number of likely N-dealkylation sites (tertiary alicyclic amines) is 1. The Morgan fingerprint density at radius 2 is 1.88 bits per heavy atom. The Kier molecular flexibility index (Phi) is 6.97. The zero-order valence-electron chi connectivity index (χ0n) is 14.5. The van der Waals surface area contributed by atoms with Gasteiger partial charge in [0.05, 0.1) is 24.9 Å². The summed E-state index contributed by atoms with van der Waals surface area (Å²) in [4.78, 5) is 27.3. The molecule has 1 aliphatic heterocycles. The molecule has 0 N–H and O–H groups in total. The van der Waals surface area contributed by atoms with Gasteiger partial charge in [-0.3, -0.25) is 9.59 Å². The van der Waals surface area contributed by atoms with Gasteiger partial charge in [-0.15, -0.1) is 11.8 Å². The van der Waals surface area contributed by atoms with Crippen molar-refractivity contribution in [3.05, 3.63) is 24.3 Å².